The molecule has 2 rings (SSSR count). The van der Waals surface area contributed by atoms with Gasteiger partial charge in [0.1, 0.15) is 0 Å². The lowest BCUT2D eigenvalue weighted by molar-refractivity contribution is -0.147. The Labute approximate surface area is 153 Å². The molecule has 0 heterocycles. The molecule has 136 valence electrons. The molecule has 1 amide bonds. The van der Waals surface area contributed by atoms with Crippen LogP contribution in [0.4, 0.5) is 5.69 Å². The van der Waals surface area contributed by atoms with Crippen molar-refractivity contribution in [2.45, 2.75) is 33.6 Å². The molecule has 0 aliphatic heterocycles. The summed E-state index contributed by atoms with van der Waals surface area (Å²) >= 11 is 0. The number of hydrogen-bond donors (Lipinski definition) is 1. The predicted octanol–water partition coefficient (Wildman–Crippen LogP) is 3.76. The van der Waals surface area contributed by atoms with Crippen LogP contribution < -0.4 is 5.32 Å². The van der Waals surface area contributed by atoms with Gasteiger partial charge in [-0.1, -0.05) is 29.8 Å². The normalized spacial score (nSPS) is 10.3. The van der Waals surface area contributed by atoms with Crippen LogP contribution in [0.3, 0.4) is 0 Å². The number of aryl methyl sites for hydroxylation is 3. The number of Topliss-reactive ketones (excluding diaryl/α,β-unsaturated/α-hetero) is 1. The van der Waals surface area contributed by atoms with Gasteiger partial charge in [0.05, 0.1) is 6.42 Å². The quantitative estimate of drug-likeness (QED) is 0.608. The van der Waals surface area contributed by atoms with E-state index in [0.717, 1.165) is 16.7 Å². The Morgan fingerprint density at radius 1 is 0.885 bits per heavy atom. The van der Waals surface area contributed by atoms with E-state index < -0.39 is 11.9 Å². The number of esters is 1. The van der Waals surface area contributed by atoms with E-state index in [0.29, 0.717) is 11.3 Å². The average Bonchev–Trinajstić information content (AvgIpc) is 2.62. The van der Waals surface area contributed by atoms with Gasteiger partial charge in [-0.15, -0.1) is 0 Å². The molecule has 0 unspecified atom stereocenters. The largest absolute Gasteiger partial charge is 0.456 e. The fourth-order valence-corrected chi connectivity index (χ4v) is 2.33. The van der Waals surface area contributed by atoms with Gasteiger partial charge in [0.2, 0.25) is 0 Å². The Bertz CT molecular complexity index is 809. The van der Waals surface area contributed by atoms with Crippen LogP contribution in [-0.4, -0.2) is 24.3 Å². The second-order valence-electron chi connectivity index (χ2n) is 6.30. The van der Waals surface area contributed by atoms with Crippen molar-refractivity contribution in [1.29, 1.82) is 0 Å². The number of hydrogen-bond acceptors (Lipinski definition) is 4. The van der Waals surface area contributed by atoms with Crippen LogP contribution >= 0.6 is 0 Å². The molecule has 1 N–H and O–H groups in total. The highest BCUT2D eigenvalue weighted by molar-refractivity contribution is 5.98. The summed E-state index contributed by atoms with van der Waals surface area (Å²) in [7, 11) is 0. The van der Waals surface area contributed by atoms with Gasteiger partial charge in [-0.05, 0) is 50.1 Å². The first kappa shape index (κ1) is 19.4. The predicted molar refractivity (Wildman–Crippen MR) is 100 cm³/mol. The number of carbonyl (C=O) groups excluding carboxylic acids is 3. The van der Waals surface area contributed by atoms with Crippen LogP contribution in [0.25, 0.3) is 0 Å². The summed E-state index contributed by atoms with van der Waals surface area (Å²) in [5.41, 5.74) is 4.45. The summed E-state index contributed by atoms with van der Waals surface area (Å²) < 4.78 is 4.93. The van der Waals surface area contributed by atoms with Crippen molar-refractivity contribution in [2.24, 2.45) is 0 Å². The molecule has 0 aliphatic rings. The molecule has 0 radical (unpaired) electrons. The molecule has 0 bridgehead atoms. The van der Waals surface area contributed by atoms with E-state index in [1.54, 1.807) is 18.2 Å². The Morgan fingerprint density at radius 2 is 1.58 bits per heavy atom. The maximum absolute atomic E-state index is 12.1. The lowest BCUT2D eigenvalue weighted by atomic mass is 10.0. The third-order valence-corrected chi connectivity index (χ3v) is 4.08. The van der Waals surface area contributed by atoms with Gasteiger partial charge in [0, 0.05) is 17.7 Å². The van der Waals surface area contributed by atoms with Crippen molar-refractivity contribution in [3.8, 4) is 0 Å². The number of ether oxygens (including phenoxy) is 1. The molecule has 5 heteroatoms. The van der Waals surface area contributed by atoms with Crippen LogP contribution in [0.5, 0.6) is 0 Å². The number of nitrogens with one attached hydrogen (secondary N) is 1. The molecule has 0 saturated carbocycles. The van der Waals surface area contributed by atoms with Gasteiger partial charge in [-0.2, -0.15) is 0 Å². The van der Waals surface area contributed by atoms with E-state index in [-0.39, 0.29) is 25.2 Å². The first-order valence-electron chi connectivity index (χ1n) is 8.48. The molecule has 0 atom stereocenters. The minimum Gasteiger partial charge on any atom is -0.456 e. The number of rotatable bonds is 7. The van der Waals surface area contributed by atoms with Gasteiger partial charge >= 0.3 is 5.97 Å². The zero-order valence-corrected chi connectivity index (χ0v) is 15.3. The maximum atomic E-state index is 12.1. The molecule has 0 aliphatic carbocycles. The summed E-state index contributed by atoms with van der Waals surface area (Å²) in [5, 5.41) is 2.64. The van der Waals surface area contributed by atoms with E-state index >= 15 is 0 Å². The highest BCUT2D eigenvalue weighted by Gasteiger charge is 2.12. The topological polar surface area (TPSA) is 72.5 Å². The van der Waals surface area contributed by atoms with Gasteiger partial charge in [0.25, 0.3) is 5.91 Å². The minimum absolute atomic E-state index is 0.0520. The molecular formula is C21H23NO4. The summed E-state index contributed by atoms with van der Waals surface area (Å²) in [6.07, 6.45) is 0.00445. The second kappa shape index (κ2) is 8.94. The Kier molecular flexibility index (Phi) is 6.67. The molecule has 0 saturated heterocycles. The van der Waals surface area contributed by atoms with Crippen molar-refractivity contribution in [3.05, 3.63) is 64.7 Å². The standard InChI is InChI=1S/C21H23NO4/c1-14-4-8-18(9-5-14)22-20(24)13-26-21(25)11-10-19(23)17-7-6-15(2)16(3)12-17/h4-9,12H,10-11,13H2,1-3H3,(H,22,24). The number of anilines is 1. The van der Waals surface area contributed by atoms with Crippen molar-refractivity contribution in [3.63, 3.8) is 0 Å². The first-order valence-corrected chi connectivity index (χ1v) is 8.48. The van der Waals surface area contributed by atoms with E-state index in [9.17, 15) is 14.4 Å². The smallest absolute Gasteiger partial charge is 0.306 e. The number of carbonyl (C=O) groups is 3. The Morgan fingerprint density at radius 3 is 2.23 bits per heavy atom. The monoisotopic (exact) mass is 353 g/mol. The Hall–Kier alpha value is -2.95. The fourth-order valence-electron chi connectivity index (χ4n) is 2.33. The third kappa shape index (κ3) is 5.84. The molecule has 0 fully saturated rings. The number of benzene rings is 2. The third-order valence-electron chi connectivity index (χ3n) is 4.08. The molecule has 2 aromatic carbocycles. The zero-order valence-electron chi connectivity index (χ0n) is 15.3. The second-order valence-corrected chi connectivity index (χ2v) is 6.30. The summed E-state index contributed by atoms with van der Waals surface area (Å²) in [6, 6.07) is 12.8. The highest BCUT2D eigenvalue weighted by atomic mass is 16.5. The van der Waals surface area contributed by atoms with Gasteiger partial charge in [-0.25, -0.2) is 0 Å². The van der Waals surface area contributed by atoms with E-state index in [1.807, 2.05) is 45.0 Å². The van der Waals surface area contributed by atoms with Gasteiger partial charge < -0.3 is 10.1 Å². The van der Waals surface area contributed by atoms with E-state index in [2.05, 4.69) is 5.32 Å². The molecule has 5 nitrogen and oxygen atoms in total. The van der Waals surface area contributed by atoms with E-state index in [4.69, 9.17) is 4.74 Å². The molecule has 0 aromatic heterocycles. The first-order chi connectivity index (χ1) is 12.3. The van der Waals surface area contributed by atoms with Gasteiger partial charge in [0.15, 0.2) is 12.4 Å². The SMILES string of the molecule is Cc1ccc(NC(=O)COC(=O)CCC(=O)c2ccc(C)c(C)c2)cc1. The van der Waals surface area contributed by atoms with Gasteiger partial charge in [-0.3, -0.25) is 14.4 Å². The van der Waals surface area contributed by atoms with Crippen LogP contribution in [0.15, 0.2) is 42.5 Å². The summed E-state index contributed by atoms with van der Waals surface area (Å²) in [6.45, 7) is 5.49. The molecular weight excluding hydrogens is 330 g/mol. The van der Waals surface area contributed by atoms with Crippen LogP contribution in [0, 0.1) is 20.8 Å². The van der Waals surface area contributed by atoms with Crippen molar-refractivity contribution < 1.29 is 19.1 Å². The van der Waals surface area contributed by atoms with E-state index in [1.165, 1.54) is 0 Å². The Balaban J connectivity index is 1.74. The molecule has 26 heavy (non-hydrogen) atoms. The molecule has 2 aromatic rings. The number of amides is 1. The zero-order chi connectivity index (χ0) is 19.1. The number of ketones is 1. The summed E-state index contributed by atoms with van der Waals surface area (Å²) in [4.78, 5) is 35.7. The van der Waals surface area contributed by atoms with Crippen LogP contribution in [-0.2, 0) is 14.3 Å². The minimum atomic E-state index is -0.568. The summed E-state index contributed by atoms with van der Waals surface area (Å²) in [5.74, 6) is -1.10. The lowest BCUT2D eigenvalue weighted by Gasteiger charge is -2.07. The van der Waals surface area contributed by atoms with Crippen molar-refractivity contribution >= 4 is 23.3 Å². The highest BCUT2D eigenvalue weighted by Crippen LogP contribution is 2.13. The van der Waals surface area contributed by atoms with Crippen molar-refractivity contribution in [2.75, 3.05) is 11.9 Å². The van der Waals surface area contributed by atoms with Crippen LogP contribution in [0.2, 0.25) is 0 Å². The average molecular weight is 353 g/mol. The molecule has 0 spiro atoms. The lowest BCUT2D eigenvalue weighted by Crippen LogP contribution is -2.21. The maximum Gasteiger partial charge on any atom is 0.306 e. The van der Waals surface area contributed by atoms with Crippen molar-refractivity contribution in [1.82, 2.24) is 0 Å². The van der Waals surface area contributed by atoms with Crippen LogP contribution in [0.1, 0.15) is 39.9 Å². The fraction of sp³-hybridized carbons (Fsp3) is 0.286.